The zero-order valence-corrected chi connectivity index (χ0v) is 10.0. The Labute approximate surface area is 106 Å². The smallest absolute Gasteiger partial charge is 0.338 e. The topological polar surface area (TPSA) is 63.6 Å². The maximum atomic E-state index is 11.7. The van der Waals surface area contributed by atoms with Crippen molar-refractivity contribution in [2.45, 2.75) is 25.4 Å². The molecule has 0 aromatic heterocycles. The molecule has 0 bridgehead atoms. The quantitative estimate of drug-likeness (QED) is 0.649. The number of rotatable bonds is 4. The molecule has 2 rings (SSSR count). The van der Waals surface area contributed by atoms with Gasteiger partial charge in [-0.25, -0.2) is 4.79 Å². The summed E-state index contributed by atoms with van der Waals surface area (Å²) < 4.78 is 5.15. The molecule has 4 heteroatoms. The molecule has 0 unspecified atom stereocenters. The number of carbonyl (C=O) groups excluding carboxylic acids is 2. The van der Waals surface area contributed by atoms with Crippen molar-refractivity contribution < 1.29 is 19.4 Å². The first-order valence-electron chi connectivity index (χ1n) is 6.04. The third-order valence-electron chi connectivity index (χ3n) is 3.50. The molecule has 1 saturated carbocycles. The monoisotopic (exact) mass is 248 g/mol. The van der Waals surface area contributed by atoms with Gasteiger partial charge in [-0.1, -0.05) is 18.2 Å². The summed E-state index contributed by atoms with van der Waals surface area (Å²) in [6.45, 7) is -0.0502. The molecule has 1 aromatic carbocycles. The predicted octanol–water partition coefficient (Wildman–Crippen LogP) is 1.57. The zero-order chi connectivity index (χ0) is 13.0. The Morgan fingerprint density at radius 2 is 2.17 bits per heavy atom. The molecule has 96 valence electrons. The van der Waals surface area contributed by atoms with E-state index in [-0.39, 0.29) is 6.61 Å². The summed E-state index contributed by atoms with van der Waals surface area (Å²) in [4.78, 5) is 22.9. The number of benzene rings is 1. The van der Waals surface area contributed by atoms with Crippen LogP contribution in [0.3, 0.4) is 0 Å². The molecule has 0 heterocycles. The van der Waals surface area contributed by atoms with Crippen LogP contribution in [0.2, 0.25) is 0 Å². The minimum Gasteiger partial charge on any atom is -0.461 e. The fourth-order valence-corrected chi connectivity index (χ4v) is 2.28. The van der Waals surface area contributed by atoms with Gasteiger partial charge in [0, 0.05) is 0 Å². The first-order valence-corrected chi connectivity index (χ1v) is 6.04. The van der Waals surface area contributed by atoms with Gasteiger partial charge >= 0.3 is 5.97 Å². The van der Waals surface area contributed by atoms with Crippen LogP contribution in [-0.2, 0) is 9.53 Å². The van der Waals surface area contributed by atoms with E-state index >= 15 is 0 Å². The Kier molecular flexibility index (Phi) is 3.77. The van der Waals surface area contributed by atoms with E-state index in [0.717, 1.165) is 12.7 Å². The number of hydrogen-bond acceptors (Lipinski definition) is 4. The van der Waals surface area contributed by atoms with Gasteiger partial charge < -0.3 is 14.6 Å². The van der Waals surface area contributed by atoms with E-state index in [9.17, 15) is 14.7 Å². The van der Waals surface area contributed by atoms with Crippen LogP contribution in [0.4, 0.5) is 0 Å². The van der Waals surface area contributed by atoms with Gasteiger partial charge in [0.25, 0.3) is 0 Å². The first-order chi connectivity index (χ1) is 8.68. The standard InChI is InChI=1S/C14H16O4/c15-9-14(8-4-7-12(14)16)10-18-13(17)11-5-2-1-3-6-11/h1-3,5-6,9,12,16H,4,7-8,10H2/t12-,14-/m0/s1. The van der Waals surface area contributed by atoms with Crippen molar-refractivity contribution in [2.75, 3.05) is 6.61 Å². The Morgan fingerprint density at radius 1 is 1.44 bits per heavy atom. The van der Waals surface area contributed by atoms with Crippen molar-refractivity contribution in [3.63, 3.8) is 0 Å². The molecule has 1 aliphatic carbocycles. The van der Waals surface area contributed by atoms with Crippen molar-refractivity contribution in [1.29, 1.82) is 0 Å². The molecule has 1 fully saturated rings. The molecule has 1 aromatic rings. The molecule has 2 atom stereocenters. The van der Waals surface area contributed by atoms with Crippen LogP contribution < -0.4 is 0 Å². The van der Waals surface area contributed by atoms with E-state index in [2.05, 4.69) is 0 Å². The second-order valence-corrected chi connectivity index (χ2v) is 4.70. The highest BCUT2D eigenvalue weighted by molar-refractivity contribution is 5.89. The van der Waals surface area contributed by atoms with E-state index in [0.29, 0.717) is 18.4 Å². The molecule has 4 nitrogen and oxygen atoms in total. The fourth-order valence-electron chi connectivity index (χ4n) is 2.28. The molecule has 0 radical (unpaired) electrons. The maximum absolute atomic E-state index is 11.7. The number of ether oxygens (including phenoxy) is 1. The van der Waals surface area contributed by atoms with Crippen LogP contribution in [0, 0.1) is 5.41 Å². The predicted molar refractivity (Wildman–Crippen MR) is 65.1 cm³/mol. The van der Waals surface area contributed by atoms with Gasteiger partial charge in [-0.2, -0.15) is 0 Å². The summed E-state index contributed by atoms with van der Waals surface area (Å²) in [7, 11) is 0. The SMILES string of the molecule is O=C[C@]1(COC(=O)c2ccccc2)CCC[C@@H]1O. The number of esters is 1. The largest absolute Gasteiger partial charge is 0.461 e. The van der Waals surface area contributed by atoms with Crippen LogP contribution >= 0.6 is 0 Å². The normalized spacial score (nSPS) is 26.8. The van der Waals surface area contributed by atoms with Crippen molar-refractivity contribution in [2.24, 2.45) is 5.41 Å². The lowest BCUT2D eigenvalue weighted by Gasteiger charge is -2.25. The highest BCUT2D eigenvalue weighted by Crippen LogP contribution is 2.36. The summed E-state index contributed by atoms with van der Waals surface area (Å²) in [5, 5.41) is 9.80. The summed E-state index contributed by atoms with van der Waals surface area (Å²) in [5.41, 5.74) is -0.462. The van der Waals surface area contributed by atoms with Crippen LogP contribution in [0.25, 0.3) is 0 Å². The lowest BCUT2D eigenvalue weighted by Crippen LogP contribution is -2.37. The molecular weight excluding hydrogens is 232 g/mol. The maximum Gasteiger partial charge on any atom is 0.338 e. The number of carbonyl (C=O) groups is 2. The minimum absolute atomic E-state index is 0.0502. The Bertz CT molecular complexity index is 429. The highest BCUT2D eigenvalue weighted by atomic mass is 16.5. The van der Waals surface area contributed by atoms with Gasteiger partial charge in [0.05, 0.1) is 17.1 Å². The Balaban J connectivity index is 1.99. The zero-order valence-electron chi connectivity index (χ0n) is 10.0. The summed E-state index contributed by atoms with van der Waals surface area (Å²) in [6.07, 6.45) is 1.95. The van der Waals surface area contributed by atoms with Crippen LogP contribution in [0.1, 0.15) is 29.6 Å². The molecule has 0 spiro atoms. The van der Waals surface area contributed by atoms with Crippen LogP contribution in [-0.4, -0.2) is 30.1 Å². The molecule has 1 aliphatic rings. The van der Waals surface area contributed by atoms with E-state index in [1.807, 2.05) is 6.07 Å². The summed E-state index contributed by atoms with van der Waals surface area (Å²) >= 11 is 0. The van der Waals surface area contributed by atoms with Crippen molar-refractivity contribution in [1.82, 2.24) is 0 Å². The van der Waals surface area contributed by atoms with Gasteiger partial charge in [-0.05, 0) is 31.4 Å². The van der Waals surface area contributed by atoms with Crippen molar-refractivity contribution in [3.05, 3.63) is 35.9 Å². The van der Waals surface area contributed by atoms with Gasteiger partial charge in [0.15, 0.2) is 0 Å². The van der Waals surface area contributed by atoms with E-state index in [1.54, 1.807) is 24.3 Å². The first kappa shape index (κ1) is 12.8. The molecule has 0 aliphatic heterocycles. The van der Waals surface area contributed by atoms with Crippen LogP contribution in [0.5, 0.6) is 0 Å². The van der Waals surface area contributed by atoms with Crippen molar-refractivity contribution >= 4 is 12.3 Å². The van der Waals surface area contributed by atoms with Gasteiger partial charge in [0.1, 0.15) is 12.9 Å². The van der Waals surface area contributed by atoms with Gasteiger partial charge in [0.2, 0.25) is 0 Å². The second kappa shape index (κ2) is 5.31. The molecule has 1 N–H and O–H groups in total. The lowest BCUT2D eigenvalue weighted by molar-refractivity contribution is -0.124. The van der Waals surface area contributed by atoms with E-state index < -0.39 is 17.5 Å². The third-order valence-corrected chi connectivity index (χ3v) is 3.50. The number of aliphatic hydroxyl groups excluding tert-OH is 1. The Hall–Kier alpha value is -1.68. The van der Waals surface area contributed by atoms with Gasteiger partial charge in [-0.3, -0.25) is 0 Å². The molecule has 0 amide bonds. The minimum atomic E-state index is -0.912. The van der Waals surface area contributed by atoms with Crippen LogP contribution in [0.15, 0.2) is 30.3 Å². The number of aliphatic hydroxyl groups is 1. The van der Waals surface area contributed by atoms with E-state index in [1.165, 1.54) is 0 Å². The number of hydrogen-bond donors (Lipinski definition) is 1. The van der Waals surface area contributed by atoms with E-state index in [4.69, 9.17) is 4.74 Å². The molecule has 18 heavy (non-hydrogen) atoms. The fraction of sp³-hybridized carbons (Fsp3) is 0.429. The number of aldehydes is 1. The average molecular weight is 248 g/mol. The summed E-state index contributed by atoms with van der Waals surface area (Å²) in [5.74, 6) is -0.462. The average Bonchev–Trinajstić information content (AvgIpc) is 2.79. The summed E-state index contributed by atoms with van der Waals surface area (Å²) in [6, 6.07) is 8.61. The molecule has 0 saturated heterocycles. The highest BCUT2D eigenvalue weighted by Gasteiger charge is 2.43. The third kappa shape index (κ3) is 2.43. The van der Waals surface area contributed by atoms with Gasteiger partial charge in [-0.15, -0.1) is 0 Å². The molecular formula is C14H16O4. The Morgan fingerprint density at radius 3 is 2.72 bits per heavy atom. The van der Waals surface area contributed by atoms with Crippen molar-refractivity contribution in [3.8, 4) is 0 Å². The second-order valence-electron chi connectivity index (χ2n) is 4.70. The lowest BCUT2D eigenvalue weighted by atomic mass is 9.87.